The Kier molecular flexibility index (Phi) is 5.81. The number of aliphatic hydroxyl groups is 1. The molecule has 5 heteroatoms. The van der Waals surface area contributed by atoms with Gasteiger partial charge >= 0.3 is 0 Å². The van der Waals surface area contributed by atoms with Crippen molar-refractivity contribution in [2.45, 2.75) is 57.8 Å². The van der Waals surface area contributed by atoms with Crippen LogP contribution in [0.5, 0.6) is 0 Å². The van der Waals surface area contributed by atoms with E-state index >= 15 is 0 Å². The largest absolute Gasteiger partial charge is 0.392 e. The number of amides is 1. The van der Waals surface area contributed by atoms with Crippen LogP contribution in [0.4, 0.5) is 0 Å². The number of aliphatic hydroxyl groups excluding tert-OH is 1. The third-order valence-electron chi connectivity index (χ3n) is 4.40. The standard InChI is InChI=1S/C15H28N2O3/c1-11(2)14(18)7-15(19)16-8-13-9-17-6-4-3-5-12(17)10-20-13/h11-14,18H,3-10H2,1-2H3,(H,16,19)/t12-,13-,14+/m0/s1. The molecule has 0 radical (unpaired) electrons. The molecule has 2 aliphatic rings. The normalized spacial score (nSPS) is 29.0. The van der Waals surface area contributed by atoms with E-state index in [1.165, 1.54) is 19.3 Å². The highest BCUT2D eigenvalue weighted by atomic mass is 16.5. The van der Waals surface area contributed by atoms with E-state index in [-0.39, 0.29) is 24.3 Å². The lowest BCUT2D eigenvalue weighted by Gasteiger charge is -2.42. The number of carbonyl (C=O) groups excluding carboxylic acids is 1. The van der Waals surface area contributed by atoms with Crippen LogP contribution in [0.15, 0.2) is 0 Å². The van der Waals surface area contributed by atoms with Crippen LogP contribution in [0.1, 0.15) is 39.5 Å². The van der Waals surface area contributed by atoms with Gasteiger partial charge in [0.2, 0.25) is 5.91 Å². The van der Waals surface area contributed by atoms with Crippen LogP contribution in [-0.4, -0.2) is 60.4 Å². The monoisotopic (exact) mass is 284 g/mol. The Labute approximate surface area is 121 Å². The molecule has 116 valence electrons. The predicted octanol–water partition coefficient (Wildman–Crippen LogP) is 0.763. The van der Waals surface area contributed by atoms with Crippen molar-refractivity contribution in [2.24, 2.45) is 5.92 Å². The predicted molar refractivity (Wildman–Crippen MR) is 77.4 cm³/mol. The number of ether oxygens (including phenoxy) is 1. The van der Waals surface area contributed by atoms with E-state index in [1.807, 2.05) is 13.8 Å². The van der Waals surface area contributed by atoms with Crippen molar-refractivity contribution < 1.29 is 14.6 Å². The van der Waals surface area contributed by atoms with Gasteiger partial charge in [0.15, 0.2) is 0 Å². The van der Waals surface area contributed by atoms with Crippen molar-refractivity contribution in [2.75, 3.05) is 26.2 Å². The topological polar surface area (TPSA) is 61.8 Å². The van der Waals surface area contributed by atoms with Gasteiger partial charge in [-0.15, -0.1) is 0 Å². The van der Waals surface area contributed by atoms with Gasteiger partial charge in [-0.3, -0.25) is 9.69 Å². The molecule has 0 aromatic heterocycles. The Morgan fingerprint density at radius 3 is 3.00 bits per heavy atom. The molecular weight excluding hydrogens is 256 g/mol. The fourth-order valence-corrected chi connectivity index (χ4v) is 2.90. The van der Waals surface area contributed by atoms with Gasteiger partial charge in [-0.25, -0.2) is 0 Å². The minimum Gasteiger partial charge on any atom is -0.392 e. The van der Waals surface area contributed by atoms with Crippen LogP contribution < -0.4 is 5.32 Å². The molecule has 3 atom stereocenters. The molecule has 0 aromatic rings. The average Bonchev–Trinajstić information content (AvgIpc) is 2.44. The summed E-state index contributed by atoms with van der Waals surface area (Å²) in [5.41, 5.74) is 0. The molecule has 2 heterocycles. The first-order chi connectivity index (χ1) is 9.56. The van der Waals surface area contributed by atoms with Gasteiger partial charge in [-0.05, 0) is 25.3 Å². The highest BCUT2D eigenvalue weighted by Crippen LogP contribution is 2.21. The maximum atomic E-state index is 11.7. The van der Waals surface area contributed by atoms with Crippen molar-refractivity contribution in [1.29, 1.82) is 0 Å². The number of nitrogens with one attached hydrogen (secondary N) is 1. The summed E-state index contributed by atoms with van der Waals surface area (Å²) in [6.07, 6.45) is 3.52. The van der Waals surface area contributed by atoms with Crippen molar-refractivity contribution in [1.82, 2.24) is 10.2 Å². The van der Waals surface area contributed by atoms with Crippen LogP contribution in [0, 0.1) is 5.92 Å². The second-order valence-electron chi connectivity index (χ2n) is 6.42. The quantitative estimate of drug-likeness (QED) is 0.782. The van der Waals surface area contributed by atoms with Crippen molar-refractivity contribution in [3.05, 3.63) is 0 Å². The maximum absolute atomic E-state index is 11.7. The Balaban J connectivity index is 1.68. The zero-order valence-corrected chi connectivity index (χ0v) is 12.7. The van der Waals surface area contributed by atoms with Crippen LogP contribution in [0.25, 0.3) is 0 Å². The lowest BCUT2D eigenvalue weighted by molar-refractivity contribution is -0.125. The van der Waals surface area contributed by atoms with E-state index in [1.54, 1.807) is 0 Å². The third kappa shape index (κ3) is 4.43. The highest BCUT2D eigenvalue weighted by Gasteiger charge is 2.30. The zero-order chi connectivity index (χ0) is 14.5. The lowest BCUT2D eigenvalue weighted by atomic mass is 10.0. The number of morpholine rings is 1. The second-order valence-corrected chi connectivity index (χ2v) is 6.42. The second kappa shape index (κ2) is 7.38. The smallest absolute Gasteiger partial charge is 0.222 e. The molecule has 0 spiro atoms. The van der Waals surface area contributed by atoms with Crippen molar-refractivity contribution >= 4 is 5.91 Å². The molecule has 2 N–H and O–H groups in total. The van der Waals surface area contributed by atoms with Gasteiger partial charge in [0.25, 0.3) is 0 Å². The molecule has 0 unspecified atom stereocenters. The number of piperidine rings is 1. The lowest BCUT2D eigenvalue weighted by Crippen LogP contribution is -2.54. The summed E-state index contributed by atoms with van der Waals surface area (Å²) in [5, 5.41) is 12.6. The molecule has 2 rings (SSSR count). The Morgan fingerprint density at radius 1 is 1.45 bits per heavy atom. The number of hydrogen-bond donors (Lipinski definition) is 2. The van der Waals surface area contributed by atoms with E-state index < -0.39 is 6.10 Å². The van der Waals surface area contributed by atoms with Gasteiger partial charge in [0.1, 0.15) is 0 Å². The summed E-state index contributed by atoms with van der Waals surface area (Å²) in [5.74, 6) is 0.0244. The van der Waals surface area contributed by atoms with E-state index in [0.717, 1.165) is 19.7 Å². The molecule has 2 aliphatic heterocycles. The van der Waals surface area contributed by atoms with Gasteiger partial charge < -0.3 is 15.2 Å². The molecular formula is C15H28N2O3. The first kappa shape index (κ1) is 15.7. The molecule has 2 fully saturated rings. The number of rotatable bonds is 5. The fourth-order valence-electron chi connectivity index (χ4n) is 2.90. The molecule has 5 nitrogen and oxygen atoms in total. The first-order valence-electron chi connectivity index (χ1n) is 7.86. The summed E-state index contributed by atoms with van der Waals surface area (Å²) in [6.45, 7) is 7.24. The van der Waals surface area contributed by atoms with E-state index in [4.69, 9.17) is 4.74 Å². The Bertz CT molecular complexity index is 322. The number of fused-ring (bicyclic) bond motifs is 1. The molecule has 0 saturated carbocycles. The summed E-state index contributed by atoms with van der Waals surface area (Å²) in [6, 6.07) is 0.582. The highest BCUT2D eigenvalue weighted by molar-refractivity contribution is 5.76. The number of nitrogens with zero attached hydrogens (tertiary/aromatic N) is 1. The Morgan fingerprint density at radius 2 is 2.25 bits per heavy atom. The van der Waals surface area contributed by atoms with Crippen molar-refractivity contribution in [3.63, 3.8) is 0 Å². The number of carbonyl (C=O) groups is 1. The molecule has 0 bridgehead atoms. The van der Waals surface area contributed by atoms with Crippen LogP contribution in [0.2, 0.25) is 0 Å². The van der Waals surface area contributed by atoms with Gasteiger partial charge in [-0.2, -0.15) is 0 Å². The molecule has 1 amide bonds. The third-order valence-corrected chi connectivity index (χ3v) is 4.40. The molecule has 2 saturated heterocycles. The molecule has 20 heavy (non-hydrogen) atoms. The minimum atomic E-state index is -0.561. The van der Waals surface area contributed by atoms with Gasteiger partial charge in [0.05, 0.1) is 25.2 Å². The summed E-state index contributed by atoms with van der Waals surface area (Å²) < 4.78 is 5.83. The van der Waals surface area contributed by atoms with Crippen LogP contribution >= 0.6 is 0 Å². The number of hydrogen-bond acceptors (Lipinski definition) is 4. The van der Waals surface area contributed by atoms with Gasteiger partial charge in [-0.1, -0.05) is 20.3 Å². The molecule has 0 aliphatic carbocycles. The summed E-state index contributed by atoms with van der Waals surface area (Å²) in [7, 11) is 0. The zero-order valence-electron chi connectivity index (χ0n) is 12.7. The minimum absolute atomic E-state index is 0.0874. The Hall–Kier alpha value is -0.650. The van der Waals surface area contributed by atoms with E-state index in [9.17, 15) is 9.90 Å². The SMILES string of the molecule is CC(C)[C@H](O)CC(=O)NC[C@H]1CN2CCCC[C@H]2CO1. The van der Waals surface area contributed by atoms with Crippen LogP contribution in [0.3, 0.4) is 0 Å². The van der Waals surface area contributed by atoms with Gasteiger partial charge in [0, 0.05) is 19.1 Å². The summed E-state index contributed by atoms with van der Waals surface area (Å²) >= 11 is 0. The molecule has 0 aromatic carbocycles. The van der Waals surface area contributed by atoms with Crippen LogP contribution in [-0.2, 0) is 9.53 Å². The fraction of sp³-hybridized carbons (Fsp3) is 0.933. The first-order valence-corrected chi connectivity index (χ1v) is 7.86. The maximum Gasteiger partial charge on any atom is 0.222 e. The van der Waals surface area contributed by atoms with E-state index in [0.29, 0.717) is 12.6 Å². The van der Waals surface area contributed by atoms with Crippen molar-refractivity contribution in [3.8, 4) is 0 Å². The average molecular weight is 284 g/mol. The summed E-state index contributed by atoms with van der Waals surface area (Å²) in [4.78, 5) is 14.2. The van der Waals surface area contributed by atoms with E-state index in [2.05, 4.69) is 10.2 Å².